The number of rotatable bonds is 6. The van der Waals surface area contributed by atoms with E-state index in [1.165, 1.54) is 25.7 Å². The SMILES string of the molecule is CN(CCCC(=O)O)C(=O)N(C)CC1CC2CCC1C2. The summed E-state index contributed by atoms with van der Waals surface area (Å²) in [6, 6.07) is 0.0122. The van der Waals surface area contributed by atoms with E-state index < -0.39 is 5.97 Å². The number of urea groups is 1. The lowest BCUT2D eigenvalue weighted by Gasteiger charge is -2.30. The van der Waals surface area contributed by atoms with Gasteiger partial charge in [0.1, 0.15) is 0 Å². The van der Waals surface area contributed by atoms with Gasteiger partial charge in [0.25, 0.3) is 0 Å². The fourth-order valence-corrected chi connectivity index (χ4v) is 3.88. The van der Waals surface area contributed by atoms with E-state index in [-0.39, 0.29) is 12.5 Å². The molecule has 0 saturated heterocycles. The fourth-order valence-electron chi connectivity index (χ4n) is 3.88. The van der Waals surface area contributed by atoms with E-state index in [2.05, 4.69) is 0 Å². The molecule has 3 unspecified atom stereocenters. The number of carboxylic acids is 1. The summed E-state index contributed by atoms with van der Waals surface area (Å²) < 4.78 is 0. The molecule has 2 fully saturated rings. The summed E-state index contributed by atoms with van der Waals surface area (Å²) in [5.74, 6) is 1.60. The van der Waals surface area contributed by atoms with E-state index in [1.807, 2.05) is 11.9 Å². The Labute approximate surface area is 120 Å². The number of carbonyl (C=O) groups excluding carboxylic acids is 1. The van der Waals surface area contributed by atoms with E-state index in [1.54, 1.807) is 11.9 Å². The number of hydrogen-bond donors (Lipinski definition) is 1. The highest BCUT2D eigenvalue weighted by atomic mass is 16.4. The van der Waals surface area contributed by atoms with Crippen LogP contribution in [-0.2, 0) is 4.79 Å². The molecule has 2 bridgehead atoms. The van der Waals surface area contributed by atoms with Crippen molar-refractivity contribution in [3.8, 4) is 0 Å². The molecule has 0 heterocycles. The summed E-state index contributed by atoms with van der Waals surface area (Å²) in [6.07, 6.45) is 6.00. The minimum absolute atomic E-state index is 0.0122. The van der Waals surface area contributed by atoms with Crippen LogP contribution in [0.5, 0.6) is 0 Å². The molecule has 0 aromatic rings. The van der Waals surface area contributed by atoms with Crippen LogP contribution >= 0.6 is 0 Å². The molecule has 2 rings (SSSR count). The van der Waals surface area contributed by atoms with Gasteiger partial charge in [-0.1, -0.05) is 6.42 Å². The first-order valence-corrected chi connectivity index (χ1v) is 7.65. The van der Waals surface area contributed by atoms with Gasteiger partial charge in [-0.2, -0.15) is 0 Å². The molecule has 0 aromatic heterocycles. The first-order chi connectivity index (χ1) is 9.47. The summed E-state index contributed by atoms with van der Waals surface area (Å²) in [4.78, 5) is 26.1. The molecule has 0 spiro atoms. The summed E-state index contributed by atoms with van der Waals surface area (Å²) in [7, 11) is 3.61. The van der Waals surface area contributed by atoms with Crippen LogP contribution < -0.4 is 0 Å². The summed E-state index contributed by atoms with van der Waals surface area (Å²) >= 11 is 0. The molecule has 0 aromatic carbocycles. The average Bonchev–Trinajstić information content (AvgIpc) is 2.99. The van der Waals surface area contributed by atoms with Crippen molar-refractivity contribution in [3.63, 3.8) is 0 Å². The Bertz CT molecular complexity index is 372. The predicted octanol–water partition coefficient (Wildman–Crippen LogP) is 2.27. The van der Waals surface area contributed by atoms with Crippen molar-refractivity contribution < 1.29 is 14.7 Å². The van der Waals surface area contributed by atoms with Crippen molar-refractivity contribution in [1.29, 1.82) is 0 Å². The van der Waals surface area contributed by atoms with Crippen LogP contribution in [0.25, 0.3) is 0 Å². The Morgan fingerprint density at radius 1 is 1.15 bits per heavy atom. The molecule has 5 nitrogen and oxygen atoms in total. The normalized spacial score (nSPS) is 27.6. The molecule has 2 aliphatic carbocycles. The lowest BCUT2D eigenvalue weighted by Crippen LogP contribution is -2.42. The molecule has 20 heavy (non-hydrogen) atoms. The second kappa shape index (κ2) is 6.46. The highest BCUT2D eigenvalue weighted by Crippen LogP contribution is 2.48. The van der Waals surface area contributed by atoms with Gasteiger partial charge in [0.15, 0.2) is 0 Å². The highest BCUT2D eigenvalue weighted by Gasteiger charge is 2.40. The molecule has 114 valence electrons. The molecule has 1 N–H and O–H groups in total. The van der Waals surface area contributed by atoms with Gasteiger partial charge in [-0.25, -0.2) is 4.79 Å². The third kappa shape index (κ3) is 3.64. The monoisotopic (exact) mass is 282 g/mol. The topological polar surface area (TPSA) is 60.9 Å². The van der Waals surface area contributed by atoms with Crippen LogP contribution in [0.3, 0.4) is 0 Å². The molecule has 2 amide bonds. The van der Waals surface area contributed by atoms with Crippen LogP contribution in [-0.4, -0.2) is 54.1 Å². The second-order valence-corrected chi connectivity index (χ2v) is 6.52. The summed E-state index contributed by atoms with van der Waals surface area (Å²) in [5, 5.41) is 8.61. The lowest BCUT2D eigenvalue weighted by atomic mass is 9.88. The molecule has 3 atom stereocenters. The summed E-state index contributed by atoms with van der Waals surface area (Å²) in [5.41, 5.74) is 0. The minimum Gasteiger partial charge on any atom is -0.481 e. The van der Waals surface area contributed by atoms with Gasteiger partial charge < -0.3 is 14.9 Å². The van der Waals surface area contributed by atoms with Crippen molar-refractivity contribution in [2.75, 3.05) is 27.2 Å². The Balaban J connectivity index is 1.72. The Morgan fingerprint density at radius 3 is 2.45 bits per heavy atom. The summed E-state index contributed by atoms with van der Waals surface area (Å²) in [6.45, 7) is 1.36. The van der Waals surface area contributed by atoms with Gasteiger partial charge in [-0.15, -0.1) is 0 Å². The minimum atomic E-state index is -0.804. The van der Waals surface area contributed by atoms with Gasteiger partial charge in [0.2, 0.25) is 0 Å². The quantitative estimate of drug-likeness (QED) is 0.813. The number of hydrogen-bond acceptors (Lipinski definition) is 2. The van der Waals surface area contributed by atoms with Crippen LogP contribution in [0.4, 0.5) is 4.79 Å². The smallest absolute Gasteiger partial charge is 0.319 e. The second-order valence-electron chi connectivity index (χ2n) is 6.52. The first kappa shape index (κ1) is 15.1. The van der Waals surface area contributed by atoms with Crippen LogP contribution in [0.15, 0.2) is 0 Å². The van der Waals surface area contributed by atoms with Crippen molar-refractivity contribution in [3.05, 3.63) is 0 Å². The highest BCUT2D eigenvalue weighted by molar-refractivity contribution is 5.74. The van der Waals surface area contributed by atoms with E-state index in [9.17, 15) is 9.59 Å². The zero-order valence-electron chi connectivity index (χ0n) is 12.5. The molecule has 0 aliphatic heterocycles. The standard InChI is InChI=1S/C15H26N2O3/c1-16(7-3-4-14(18)19)15(20)17(2)10-13-9-11-5-6-12(13)8-11/h11-13H,3-10H2,1-2H3,(H,18,19). The molecule has 5 heteroatoms. The molecule has 2 aliphatic rings. The van der Waals surface area contributed by atoms with Gasteiger partial charge in [-0.05, 0) is 43.4 Å². The maximum absolute atomic E-state index is 12.2. The van der Waals surface area contributed by atoms with Crippen molar-refractivity contribution in [2.45, 2.75) is 38.5 Å². The maximum atomic E-state index is 12.2. The van der Waals surface area contributed by atoms with Crippen LogP contribution in [0, 0.1) is 17.8 Å². The molecular weight excluding hydrogens is 256 g/mol. The van der Waals surface area contributed by atoms with Crippen molar-refractivity contribution in [2.24, 2.45) is 17.8 Å². The Morgan fingerprint density at radius 2 is 1.90 bits per heavy atom. The Kier molecular flexibility index (Phi) is 4.89. The maximum Gasteiger partial charge on any atom is 0.319 e. The predicted molar refractivity (Wildman–Crippen MR) is 76.5 cm³/mol. The van der Waals surface area contributed by atoms with Crippen LogP contribution in [0.1, 0.15) is 38.5 Å². The largest absolute Gasteiger partial charge is 0.481 e. The molecule has 0 radical (unpaired) electrons. The first-order valence-electron chi connectivity index (χ1n) is 7.65. The lowest BCUT2D eigenvalue weighted by molar-refractivity contribution is -0.137. The van der Waals surface area contributed by atoms with Gasteiger partial charge in [0, 0.05) is 33.6 Å². The number of amides is 2. The number of carboxylic acid groups (broad SMARTS) is 1. The van der Waals surface area contributed by atoms with Gasteiger partial charge in [-0.3, -0.25) is 4.79 Å². The molecular formula is C15H26N2O3. The number of aliphatic carboxylic acids is 1. The van der Waals surface area contributed by atoms with E-state index in [0.29, 0.717) is 18.9 Å². The third-order valence-electron chi connectivity index (χ3n) is 4.93. The van der Waals surface area contributed by atoms with Gasteiger partial charge in [0.05, 0.1) is 0 Å². The number of carbonyl (C=O) groups is 2. The third-order valence-corrected chi connectivity index (χ3v) is 4.93. The Hall–Kier alpha value is -1.26. The van der Waals surface area contributed by atoms with Crippen molar-refractivity contribution >= 4 is 12.0 Å². The van der Waals surface area contributed by atoms with E-state index >= 15 is 0 Å². The van der Waals surface area contributed by atoms with Gasteiger partial charge >= 0.3 is 12.0 Å². The molecule has 2 saturated carbocycles. The van der Waals surface area contributed by atoms with Crippen molar-refractivity contribution in [1.82, 2.24) is 9.80 Å². The zero-order chi connectivity index (χ0) is 14.7. The van der Waals surface area contributed by atoms with E-state index in [4.69, 9.17) is 5.11 Å². The zero-order valence-corrected chi connectivity index (χ0v) is 12.5. The number of nitrogens with zero attached hydrogens (tertiary/aromatic N) is 2. The van der Waals surface area contributed by atoms with Crippen LogP contribution in [0.2, 0.25) is 0 Å². The van der Waals surface area contributed by atoms with E-state index in [0.717, 1.165) is 18.4 Å². The number of fused-ring (bicyclic) bond motifs is 2. The average molecular weight is 282 g/mol. The fraction of sp³-hybridized carbons (Fsp3) is 0.867.